The van der Waals surface area contributed by atoms with Crippen molar-refractivity contribution >= 4 is 28.9 Å². The Morgan fingerprint density at radius 2 is 1.84 bits per heavy atom. The quantitative estimate of drug-likeness (QED) is 0.687. The molecule has 2 N–H and O–H groups in total. The predicted molar refractivity (Wildman–Crippen MR) is 102 cm³/mol. The highest BCUT2D eigenvalue weighted by atomic mass is 35.5. The minimum atomic E-state index is -0.164. The molecule has 0 saturated heterocycles. The number of anilines is 2. The van der Waals surface area contributed by atoms with Crippen molar-refractivity contribution in [1.29, 1.82) is 0 Å². The zero-order valence-electron chi connectivity index (χ0n) is 14.3. The number of methoxy groups -OCH3 is 1. The first-order chi connectivity index (χ1) is 12.0. The van der Waals surface area contributed by atoms with E-state index in [0.717, 1.165) is 17.0 Å². The van der Waals surface area contributed by atoms with E-state index in [4.69, 9.17) is 21.1 Å². The summed E-state index contributed by atoms with van der Waals surface area (Å²) in [5.41, 5.74) is 2.38. The lowest BCUT2D eigenvalue weighted by atomic mass is 10.3. The fourth-order valence-corrected chi connectivity index (χ4v) is 2.26. The lowest BCUT2D eigenvalue weighted by Crippen LogP contribution is -2.21. The summed E-state index contributed by atoms with van der Waals surface area (Å²) in [6, 6.07) is 12.4. The van der Waals surface area contributed by atoms with Gasteiger partial charge in [-0.05, 0) is 55.0 Å². The Morgan fingerprint density at radius 1 is 1.16 bits per heavy atom. The topological polar surface area (TPSA) is 59.6 Å². The van der Waals surface area contributed by atoms with E-state index < -0.39 is 0 Å². The standard InChI is InChI=1S/C19H21ClN2O3/c1-13(2)12-25-16-7-4-14(5-8-16)22-19(23)11-21-15-6-9-18(24-3)17(20)10-15/h4-10,21H,1,11-12H2,2-3H3,(H,22,23). The maximum Gasteiger partial charge on any atom is 0.243 e. The fourth-order valence-electron chi connectivity index (χ4n) is 2.00. The Hall–Kier alpha value is -2.66. The van der Waals surface area contributed by atoms with Crippen LogP contribution in [-0.2, 0) is 4.79 Å². The van der Waals surface area contributed by atoms with E-state index >= 15 is 0 Å². The molecule has 0 aromatic heterocycles. The molecule has 0 aliphatic heterocycles. The third kappa shape index (κ3) is 6.04. The van der Waals surface area contributed by atoms with Crippen molar-refractivity contribution in [3.63, 3.8) is 0 Å². The smallest absolute Gasteiger partial charge is 0.243 e. The fraction of sp³-hybridized carbons (Fsp3) is 0.211. The van der Waals surface area contributed by atoms with Crippen LogP contribution in [0, 0.1) is 0 Å². The van der Waals surface area contributed by atoms with Gasteiger partial charge < -0.3 is 20.1 Å². The second-order valence-electron chi connectivity index (χ2n) is 5.52. The van der Waals surface area contributed by atoms with Crippen LogP contribution in [0.15, 0.2) is 54.6 Å². The molecule has 0 radical (unpaired) electrons. The number of carbonyl (C=O) groups is 1. The minimum absolute atomic E-state index is 0.122. The van der Waals surface area contributed by atoms with Crippen molar-refractivity contribution in [1.82, 2.24) is 0 Å². The summed E-state index contributed by atoms with van der Waals surface area (Å²) in [6.07, 6.45) is 0. The number of benzene rings is 2. The Kier molecular flexibility index (Phi) is 6.71. The average Bonchev–Trinajstić information content (AvgIpc) is 2.59. The highest BCUT2D eigenvalue weighted by Gasteiger charge is 2.05. The SMILES string of the molecule is C=C(C)COc1ccc(NC(=O)CNc2ccc(OC)c(Cl)c2)cc1. The van der Waals surface area contributed by atoms with Crippen LogP contribution in [0.2, 0.25) is 5.02 Å². The molecule has 25 heavy (non-hydrogen) atoms. The van der Waals surface area contributed by atoms with Crippen molar-refractivity contribution < 1.29 is 14.3 Å². The molecule has 2 aromatic rings. The van der Waals surface area contributed by atoms with Crippen molar-refractivity contribution in [3.8, 4) is 11.5 Å². The Labute approximate surface area is 152 Å². The van der Waals surface area contributed by atoms with E-state index in [-0.39, 0.29) is 12.5 Å². The number of hydrogen-bond acceptors (Lipinski definition) is 4. The predicted octanol–water partition coefficient (Wildman–Crippen LogP) is 4.35. The van der Waals surface area contributed by atoms with E-state index in [1.54, 1.807) is 49.6 Å². The summed E-state index contributed by atoms with van der Waals surface area (Å²) < 4.78 is 10.6. The van der Waals surface area contributed by atoms with E-state index in [0.29, 0.717) is 23.1 Å². The Bertz CT molecular complexity index is 745. The van der Waals surface area contributed by atoms with Gasteiger partial charge in [0.15, 0.2) is 0 Å². The molecule has 0 aliphatic rings. The van der Waals surface area contributed by atoms with Crippen LogP contribution >= 0.6 is 11.6 Å². The molecule has 5 nitrogen and oxygen atoms in total. The van der Waals surface area contributed by atoms with Crippen molar-refractivity contribution in [2.24, 2.45) is 0 Å². The van der Waals surface area contributed by atoms with Crippen molar-refractivity contribution in [2.75, 3.05) is 30.9 Å². The first-order valence-corrected chi connectivity index (χ1v) is 8.10. The average molecular weight is 361 g/mol. The van der Waals surface area contributed by atoms with Gasteiger partial charge in [-0.2, -0.15) is 0 Å². The number of rotatable bonds is 8. The summed E-state index contributed by atoms with van der Waals surface area (Å²) in [6.45, 7) is 6.28. The van der Waals surface area contributed by atoms with E-state index in [9.17, 15) is 4.79 Å². The van der Waals surface area contributed by atoms with Crippen LogP contribution in [0.4, 0.5) is 11.4 Å². The van der Waals surface area contributed by atoms with Crippen molar-refractivity contribution in [2.45, 2.75) is 6.92 Å². The highest BCUT2D eigenvalue weighted by molar-refractivity contribution is 6.32. The van der Waals surface area contributed by atoms with Crippen molar-refractivity contribution in [3.05, 3.63) is 59.6 Å². The molecule has 6 heteroatoms. The molecule has 0 aliphatic carbocycles. The molecule has 2 aromatic carbocycles. The first kappa shape index (κ1) is 18.7. The summed E-state index contributed by atoms with van der Waals surface area (Å²) in [5.74, 6) is 1.15. The molecule has 0 saturated carbocycles. The maximum absolute atomic E-state index is 12.0. The van der Waals surface area contributed by atoms with Gasteiger partial charge in [0.1, 0.15) is 18.1 Å². The van der Waals surface area contributed by atoms with Gasteiger partial charge in [0.2, 0.25) is 5.91 Å². The summed E-state index contributed by atoms with van der Waals surface area (Å²) in [4.78, 5) is 12.0. The third-order valence-corrected chi connectivity index (χ3v) is 3.52. The van der Waals surface area contributed by atoms with Crippen LogP contribution < -0.4 is 20.1 Å². The number of hydrogen-bond donors (Lipinski definition) is 2. The molecule has 0 fully saturated rings. The summed E-state index contributed by atoms with van der Waals surface area (Å²) in [7, 11) is 1.55. The largest absolute Gasteiger partial charge is 0.495 e. The Morgan fingerprint density at radius 3 is 2.44 bits per heavy atom. The number of amides is 1. The molecule has 1 amide bonds. The number of ether oxygens (including phenoxy) is 2. The number of halogens is 1. The number of nitrogens with one attached hydrogen (secondary N) is 2. The first-order valence-electron chi connectivity index (χ1n) is 7.72. The third-order valence-electron chi connectivity index (χ3n) is 3.23. The maximum atomic E-state index is 12.0. The summed E-state index contributed by atoms with van der Waals surface area (Å²) in [5, 5.41) is 6.31. The molecule has 0 spiro atoms. The molecule has 0 unspecified atom stereocenters. The monoisotopic (exact) mass is 360 g/mol. The second kappa shape index (κ2) is 8.99. The van der Waals surface area contributed by atoms with Gasteiger partial charge in [0.25, 0.3) is 0 Å². The Balaban J connectivity index is 1.83. The van der Waals surface area contributed by atoms with Gasteiger partial charge in [-0.1, -0.05) is 18.2 Å². The van der Waals surface area contributed by atoms with Gasteiger partial charge in [-0.15, -0.1) is 0 Å². The van der Waals surface area contributed by atoms with Gasteiger partial charge in [-0.25, -0.2) is 0 Å². The van der Waals surface area contributed by atoms with Gasteiger partial charge in [0, 0.05) is 11.4 Å². The lowest BCUT2D eigenvalue weighted by molar-refractivity contribution is -0.114. The molecule has 132 valence electrons. The van der Waals surface area contributed by atoms with Gasteiger partial charge >= 0.3 is 0 Å². The summed E-state index contributed by atoms with van der Waals surface area (Å²) >= 11 is 6.05. The van der Waals surface area contributed by atoms with Crippen LogP contribution in [0.5, 0.6) is 11.5 Å². The van der Waals surface area contributed by atoms with Gasteiger partial charge in [-0.3, -0.25) is 4.79 Å². The molecule has 0 atom stereocenters. The van der Waals surface area contributed by atoms with E-state index in [1.807, 2.05) is 6.92 Å². The van der Waals surface area contributed by atoms with Crippen LogP contribution in [0.1, 0.15) is 6.92 Å². The van der Waals surface area contributed by atoms with E-state index in [1.165, 1.54) is 0 Å². The normalized spacial score (nSPS) is 10.0. The molecule has 0 bridgehead atoms. The highest BCUT2D eigenvalue weighted by Crippen LogP contribution is 2.27. The zero-order chi connectivity index (χ0) is 18.2. The molecular formula is C19H21ClN2O3. The van der Waals surface area contributed by atoms with Crippen LogP contribution in [0.25, 0.3) is 0 Å². The van der Waals surface area contributed by atoms with Crippen LogP contribution in [-0.4, -0.2) is 26.2 Å². The second-order valence-corrected chi connectivity index (χ2v) is 5.93. The minimum Gasteiger partial charge on any atom is -0.495 e. The van der Waals surface area contributed by atoms with Crippen LogP contribution in [0.3, 0.4) is 0 Å². The lowest BCUT2D eigenvalue weighted by Gasteiger charge is -2.10. The molecule has 2 rings (SSSR count). The number of carbonyl (C=O) groups excluding carboxylic acids is 1. The van der Waals surface area contributed by atoms with Gasteiger partial charge in [0.05, 0.1) is 18.7 Å². The van der Waals surface area contributed by atoms with E-state index in [2.05, 4.69) is 17.2 Å². The molecule has 0 heterocycles. The zero-order valence-corrected chi connectivity index (χ0v) is 15.0. The molecular weight excluding hydrogens is 340 g/mol.